The molecule has 0 atom stereocenters. The second kappa shape index (κ2) is 5.73. The maximum absolute atomic E-state index is 6.24. The Bertz CT molecular complexity index is 659. The van der Waals surface area contributed by atoms with Crippen LogP contribution in [0.3, 0.4) is 0 Å². The van der Waals surface area contributed by atoms with Gasteiger partial charge in [0.2, 0.25) is 0 Å². The summed E-state index contributed by atoms with van der Waals surface area (Å²) in [6, 6.07) is 1.70. The van der Waals surface area contributed by atoms with Crippen molar-refractivity contribution in [1.82, 2.24) is 4.98 Å². The molecule has 1 aromatic carbocycles. The summed E-state index contributed by atoms with van der Waals surface area (Å²) < 4.78 is 10.8. The molecular formula is C14H18ClN3O2. The van der Waals surface area contributed by atoms with Crippen LogP contribution in [0, 0.1) is 6.92 Å². The number of hydrogen-bond donors (Lipinski definition) is 2. The number of ether oxygens (including phenoxy) is 2. The van der Waals surface area contributed by atoms with Gasteiger partial charge in [-0.3, -0.25) is 5.84 Å². The van der Waals surface area contributed by atoms with E-state index >= 15 is 0 Å². The highest BCUT2D eigenvalue weighted by Crippen LogP contribution is 2.43. The van der Waals surface area contributed by atoms with Crippen LogP contribution < -0.4 is 20.7 Å². The average Bonchev–Trinajstić information content (AvgIpc) is 2.46. The highest BCUT2D eigenvalue weighted by atomic mass is 35.5. The molecule has 0 fully saturated rings. The molecule has 1 heterocycles. The Morgan fingerprint density at radius 1 is 1.35 bits per heavy atom. The number of benzene rings is 1. The second-order valence-corrected chi connectivity index (χ2v) is 4.78. The lowest BCUT2D eigenvalue weighted by Gasteiger charge is -2.18. The number of nitrogens with two attached hydrogens (primary N) is 1. The molecule has 0 unspecified atom stereocenters. The number of anilines is 1. The lowest BCUT2D eigenvalue weighted by atomic mass is 10.0. The lowest BCUT2D eigenvalue weighted by Crippen LogP contribution is -2.12. The Labute approximate surface area is 123 Å². The lowest BCUT2D eigenvalue weighted by molar-refractivity contribution is 0.410. The standard InChI is InChI=1S/C14H18ClN3O2/c1-5-9-7(2)12(18-16)11-13(17-9)10(19-3)6-8(15)14(11)20-4/h6H,5,16H2,1-4H3,(H,17,18). The molecule has 20 heavy (non-hydrogen) atoms. The van der Waals surface area contributed by atoms with Crippen LogP contribution in [0.1, 0.15) is 18.2 Å². The SMILES string of the molecule is CCc1nc2c(OC)cc(Cl)c(OC)c2c(NN)c1C. The minimum absolute atomic E-state index is 0.457. The van der Waals surface area contributed by atoms with Gasteiger partial charge in [-0.25, -0.2) is 4.98 Å². The van der Waals surface area contributed by atoms with E-state index in [0.29, 0.717) is 22.0 Å². The van der Waals surface area contributed by atoms with Crippen molar-refractivity contribution in [1.29, 1.82) is 0 Å². The van der Waals surface area contributed by atoms with Crippen molar-refractivity contribution < 1.29 is 9.47 Å². The molecule has 0 aliphatic heterocycles. The van der Waals surface area contributed by atoms with E-state index in [1.165, 1.54) is 0 Å². The van der Waals surface area contributed by atoms with Gasteiger partial charge in [0.05, 0.1) is 30.3 Å². The van der Waals surface area contributed by atoms with E-state index in [9.17, 15) is 0 Å². The number of nitrogens with one attached hydrogen (secondary N) is 1. The van der Waals surface area contributed by atoms with Crippen LogP contribution in [-0.2, 0) is 6.42 Å². The molecule has 6 heteroatoms. The number of aryl methyl sites for hydroxylation is 1. The van der Waals surface area contributed by atoms with Crippen molar-refractivity contribution in [2.75, 3.05) is 19.6 Å². The first kappa shape index (κ1) is 14.7. The van der Waals surface area contributed by atoms with Gasteiger partial charge in [0.1, 0.15) is 17.0 Å². The number of fused-ring (bicyclic) bond motifs is 1. The predicted octanol–water partition coefficient (Wildman–Crippen LogP) is 3.06. The highest BCUT2D eigenvalue weighted by molar-refractivity contribution is 6.34. The van der Waals surface area contributed by atoms with Crippen LogP contribution >= 0.6 is 11.6 Å². The zero-order chi connectivity index (χ0) is 14.9. The summed E-state index contributed by atoms with van der Waals surface area (Å²) in [6.07, 6.45) is 0.796. The first-order valence-corrected chi connectivity index (χ1v) is 6.67. The van der Waals surface area contributed by atoms with Gasteiger partial charge in [0, 0.05) is 11.8 Å². The van der Waals surface area contributed by atoms with Crippen LogP contribution in [0.4, 0.5) is 5.69 Å². The van der Waals surface area contributed by atoms with Gasteiger partial charge in [-0.2, -0.15) is 0 Å². The molecular weight excluding hydrogens is 278 g/mol. The minimum atomic E-state index is 0.457. The molecule has 0 saturated heterocycles. The molecule has 5 nitrogen and oxygen atoms in total. The Balaban J connectivity index is 3.02. The molecule has 0 saturated carbocycles. The highest BCUT2D eigenvalue weighted by Gasteiger charge is 2.20. The average molecular weight is 296 g/mol. The van der Waals surface area contributed by atoms with Gasteiger partial charge < -0.3 is 14.9 Å². The number of hydrogen-bond acceptors (Lipinski definition) is 5. The van der Waals surface area contributed by atoms with Gasteiger partial charge in [-0.05, 0) is 18.9 Å². The van der Waals surface area contributed by atoms with E-state index in [1.54, 1.807) is 20.3 Å². The van der Waals surface area contributed by atoms with Gasteiger partial charge >= 0.3 is 0 Å². The molecule has 0 aliphatic rings. The van der Waals surface area contributed by atoms with Gasteiger partial charge in [0.25, 0.3) is 0 Å². The zero-order valence-electron chi connectivity index (χ0n) is 12.0. The Morgan fingerprint density at radius 2 is 2.05 bits per heavy atom. The maximum Gasteiger partial charge on any atom is 0.149 e. The zero-order valence-corrected chi connectivity index (χ0v) is 12.8. The van der Waals surface area contributed by atoms with Gasteiger partial charge in [0.15, 0.2) is 0 Å². The minimum Gasteiger partial charge on any atom is -0.494 e. The number of rotatable bonds is 4. The summed E-state index contributed by atoms with van der Waals surface area (Å²) in [5, 5.41) is 1.19. The van der Waals surface area contributed by atoms with Crippen LogP contribution in [0.15, 0.2) is 6.07 Å². The van der Waals surface area contributed by atoms with E-state index in [0.717, 1.165) is 28.8 Å². The number of hydrazine groups is 1. The van der Waals surface area contributed by atoms with Crippen LogP contribution in [0.25, 0.3) is 10.9 Å². The molecule has 0 amide bonds. The number of nitrogen functional groups attached to an aromatic ring is 1. The molecule has 0 radical (unpaired) electrons. The van der Waals surface area contributed by atoms with Crippen LogP contribution in [-0.4, -0.2) is 19.2 Å². The first-order chi connectivity index (χ1) is 9.58. The fourth-order valence-electron chi connectivity index (χ4n) is 2.37. The number of aromatic nitrogens is 1. The summed E-state index contributed by atoms with van der Waals surface area (Å²) in [7, 11) is 3.15. The largest absolute Gasteiger partial charge is 0.494 e. The summed E-state index contributed by atoms with van der Waals surface area (Å²) in [5.74, 6) is 6.82. The fourth-order valence-corrected chi connectivity index (χ4v) is 2.64. The topological polar surface area (TPSA) is 69.4 Å². The molecule has 3 N–H and O–H groups in total. The third kappa shape index (κ3) is 2.13. The smallest absolute Gasteiger partial charge is 0.149 e. The molecule has 0 bridgehead atoms. The van der Waals surface area contributed by atoms with E-state index in [2.05, 4.69) is 10.4 Å². The molecule has 108 valence electrons. The maximum atomic E-state index is 6.24. The second-order valence-electron chi connectivity index (χ2n) is 4.37. The van der Waals surface area contributed by atoms with E-state index in [-0.39, 0.29) is 0 Å². The molecule has 1 aromatic heterocycles. The molecule has 2 rings (SSSR count). The fraction of sp³-hybridized carbons (Fsp3) is 0.357. The summed E-state index contributed by atoms with van der Waals surface area (Å²) in [5.41, 5.74) is 6.10. The summed E-state index contributed by atoms with van der Waals surface area (Å²) in [4.78, 5) is 4.66. The Hall–Kier alpha value is -1.72. The third-order valence-electron chi connectivity index (χ3n) is 3.38. The number of methoxy groups -OCH3 is 2. The third-order valence-corrected chi connectivity index (χ3v) is 3.66. The number of halogens is 1. The van der Waals surface area contributed by atoms with Crippen LogP contribution in [0.5, 0.6) is 11.5 Å². The summed E-state index contributed by atoms with van der Waals surface area (Å²) in [6.45, 7) is 4.01. The van der Waals surface area contributed by atoms with Crippen molar-refractivity contribution in [3.8, 4) is 11.5 Å². The molecule has 0 aliphatic carbocycles. The van der Waals surface area contributed by atoms with E-state index in [4.69, 9.17) is 26.9 Å². The normalized spacial score (nSPS) is 10.7. The monoisotopic (exact) mass is 295 g/mol. The van der Waals surface area contributed by atoms with Crippen molar-refractivity contribution in [3.05, 3.63) is 22.3 Å². The quantitative estimate of drug-likeness (QED) is 0.670. The van der Waals surface area contributed by atoms with Gasteiger partial charge in [-0.15, -0.1) is 0 Å². The van der Waals surface area contributed by atoms with Crippen molar-refractivity contribution in [2.24, 2.45) is 5.84 Å². The Kier molecular flexibility index (Phi) is 4.20. The molecule has 2 aromatic rings. The molecule has 0 spiro atoms. The predicted molar refractivity (Wildman–Crippen MR) is 81.8 cm³/mol. The van der Waals surface area contributed by atoms with Gasteiger partial charge in [-0.1, -0.05) is 18.5 Å². The van der Waals surface area contributed by atoms with Crippen molar-refractivity contribution in [2.45, 2.75) is 20.3 Å². The summed E-state index contributed by atoms with van der Waals surface area (Å²) >= 11 is 6.24. The first-order valence-electron chi connectivity index (χ1n) is 6.29. The van der Waals surface area contributed by atoms with E-state index in [1.807, 2.05) is 13.8 Å². The van der Waals surface area contributed by atoms with E-state index < -0.39 is 0 Å². The van der Waals surface area contributed by atoms with Crippen molar-refractivity contribution in [3.63, 3.8) is 0 Å². The van der Waals surface area contributed by atoms with Crippen molar-refractivity contribution >= 4 is 28.2 Å². The number of nitrogens with zero attached hydrogens (tertiary/aromatic N) is 1. The number of pyridine rings is 1. The van der Waals surface area contributed by atoms with Crippen LogP contribution in [0.2, 0.25) is 5.02 Å². The Morgan fingerprint density at radius 3 is 2.55 bits per heavy atom.